The van der Waals surface area contributed by atoms with Crippen LogP contribution in [0, 0.1) is 5.92 Å². The van der Waals surface area contributed by atoms with Crippen LogP contribution < -0.4 is 16.0 Å². The lowest BCUT2D eigenvalue weighted by Gasteiger charge is -2.20. The lowest BCUT2D eigenvalue weighted by molar-refractivity contribution is -0.122. The van der Waals surface area contributed by atoms with Gasteiger partial charge in [0.05, 0.1) is 0 Å². The Balaban J connectivity index is 0.00000243. The summed E-state index contributed by atoms with van der Waals surface area (Å²) in [7, 11) is 0. The first-order valence-corrected chi connectivity index (χ1v) is 8.42. The maximum absolute atomic E-state index is 12.2. The molecule has 1 fully saturated rings. The Bertz CT molecular complexity index is 715. The van der Waals surface area contributed by atoms with Crippen LogP contribution in [0.5, 0.6) is 0 Å². The van der Waals surface area contributed by atoms with Crippen molar-refractivity contribution in [2.45, 2.75) is 25.9 Å². The summed E-state index contributed by atoms with van der Waals surface area (Å²) in [6.45, 7) is 2.22. The van der Waals surface area contributed by atoms with E-state index in [0.717, 1.165) is 31.5 Å². The molecule has 0 radical (unpaired) electrons. The Kier molecular flexibility index (Phi) is 7.55. The smallest absolute Gasteiger partial charge is 0.248 e. The molecule has 2 aromatic rings. The second-order valence-corrected chi connectivity index (χ2v) is 6.04. The monoisotopic (exact) mass is 378 g/mol. The molecule has 2 heterocycles. The number of nitrogens with one attached hydrogen (secondary N) is 3. The molecule has 9 heteroatoms. The number of amides is 2. The van der Waals surface area contributed by atoms with Gasteiger partial charge < -0.3 is 10.6 Å². The van der Waals surface area contributed by atoms with Crippen LogP contribution in [0.25, 0.3) is 0 Å². The van der Waals surface area contributed by atoms with Crippen LogP contribution in [0.4, 0.5) is 5.95 Å². The lowest BCUT2D eigenvalue weighted by atomic mass is 9.97. The summed E-state index contributed by atoms with van der Waals surface area (Å²) in [5.74, 6) is -0.000438. The molecule has 3 N–H and O–H groups in total. The predicted octanol–water partition coefficient (Wildman–Crippen LogP) is 0.954. The van der Waals surface area contributed by atoms with Crippen LogP contribution in [0.15, 0.2) is 36.7 Å². The van der Waals surface area contributed by atoms with Crippen molar-refractivity contribution in [3.63, 3.8) is 0 Å². The number of hydrogen-bond acceptors (Lipinski definition) is 5. The standard InChI is InChI=1S/C17H22N6O2.ClH/c24-15(19-10-13-4-2-1-3-5-13)11-23-12-20-17(22-23)21-16(25)14-6-8-18-9-7-14;/h1-5,12,14,18H,6-11H2,(H,19,24)(H,21,22,25);1H. The van der Waals surface area contributed by atoms with Crippen LogP contribution in [0.3, 0.4) is 0 Å². The van der Waals surface area contributed by atoms with Crippen molar-refractivity contribution < 1.29 is 9.59 Å². The topological polar surface area (TPSA) is 101 Å². The summed E-state index contributed by atoms with van der Waals surface area (Å²) < 4.78 is 1.42. The molecule has 3 rings (SSSR count). The molecule has 0 bridgehead atoms. The van der Waals surface area contributed by atoms with Crippen LogP contribution in [0.2, 0.25) is 0 Å². The molecular weight excluding hydrogens is 356 g/mol. The summed E-state index contributed by atoms with van der Waals surface area (Å²) >= 11 is 0. The SMILES string of the molecule is Cl.O=C(Cn1cnc(NC(=O)C2CCNCC2)n1)NCc1ccccc1. The van der Waals surface area contributed by atoms with Gasteiger partial charge in [0.1, 0.15) is 12.9 Å². The van der Waals surface area contributed by atoms with Gasteiger partial charge in [-0.15, -0.1) is 17.5 Å². The van der Waals surface area contributed by atoms with Gasteiger partial charge in [0.15, 0.2) is 0 Å². The quantitative estimate of drug-likeness (QED) is 0.695. The Hall–Kier alpha value is -2.45. The highest BCUT2D eigenvalue weighted by Gasteiger charge is 2.21. The summed E-state index contributed by atoms with van der Waals surface area (Å²) in [6, 6.07) is 9.68. The first kappa shape index (κ1) is 19.9. The molecule has 1 aromatic heterocycles. The van der Waals surface area contributed by atoms with Crippen molar-refractivity contribution in [2.75, 3.05) is 18.4 Å². The average molecular weight is 379 g/mol. The zero-order valence-electron chi connectivity index (χ0n) is 14.4. The number of aromatic nitrogens is 3. The minimum Gasteiger partial charge on any atom is -0.350 e. The van der Waals surface area contributed by atoms with Crippen LogP contribution in [-0.2, 0) is 22.7 Å². The van der Waals surface area contributed by atoms with Gasteiger partial charge >= 0.3 is 0 Å². The minimum atomic E-state index is -0.162. The largest absolute Gasteiger partial charge is 0.350 e. The number of nitrogens with zero attached hydrogens (tertiary/aromatic N) is 3. The van der Waals surface area contributed by atoms with Crippen molar-refractivity contribution in [3.8, 4) is 0 Å². The predicted molar refractivity (Wildman–Crippen MR) is 99.8 cm³/mol. The van der Waals surface area contributed by atoms with Crippen molar-refractivity contribution in [2.24, 2.45) is 5.92 Å². The van der Waals surface area contributed by atoms with Gasteiger partial charge in [0.25, 0.3) is 0 Å². The summed E-state index contributed by atoms with van der Waals surface area (Å²) in [6.07, 6.45) is 3.07. The third kappa shape index (κ3) is 5.82. The van der Waals surface area contributed by atoms with Gasteiger partial charge in [0.2, 0.25) is 17.8 Å². The van der Waals surface area contributed by atoms with E-state index in [1.54, 1.807) is 0 Å². The summed E-state index contributed by atoms with van der Waals surface area (Å²) in [5, 5.41) is 12.9. The minimum absolute atomic E-state index is 0. The van der Waals surface area contributed by atoms with E-state index in [0.29, 0.717) is 6.54 Å². The van der Waals surface area contributed by atoms with E-state index in [1.165, 1.54) is 11.0 Å². The second kappa shape index (κ2) is 9.88. The first-order chi connectivity index (χ1) is 12.2. The highest BCUT2D eigenvalue weighted by atomic mass is 35.5. The van der Waals surface area contributed by atoms with Crippen molar-refractivity contribution in [1.29, 1.82) is 0 Å². The second-order valence-electron chi connectivity index (χ2n) is 6.04. The number of carbonyl (C=O) groups excluding carboxylic acids is 2. The molecule has 0 saturated carbocycles. The highest BCUT2D eigenvalue weighted by Crippen LogP contribution is 2.13. The van der Waals surface area contributed by atoms with E-state index in [9.17, 15) is 9.59 Å². The summed E-state index contributed by atoms with van der Waals surface area (Å²) in [4.78, 5) is 28.2. The molecule has 2 amide bonds. The molecule has 1 aliphatic heterocycles. The van der Waals surface area contributed by atoms with E-state index < -0.39 is 0 Å². The maximum atomic E-state index is 12.2. The van der Waals surface area contributed by atoms with Gasteiger partial charge in [0, 0.05) is 12.5 Å². The molecule has 1 saturated heterocycles. The lowest BCUT2D eigenvalue weighted by Crippen LogP contribution is -2.34. The van der Waals surface area contributed by atoms with Crippen molar-refractivity contribution >= 4 is 30.2 Å². The average Bonchev–Trinajstić information content (AvgIpc) is 3.08. The zero-order valence-corrected chi connectivity index (χ0v) is 15.2. The third-order valence-electron chi connectivity index (χ3n) is 4.12. The Morgan fingerprint density at radius 3 is 2.65 bits per heavy atom. The fourth-order valence-electron chi connectivity index (χ4n) is 2.72. The normalized spacial score (nSPS) is 14.3. The fraction of sp³-hybridized carbons (Fsp3) is 0.412. The van der Waals surface area contributed by atoms with Crippen molar-refractivity contribution in [3.05, 3.63) is 42.2 Å². The number of piperidine rings is 1. The highest BCUT2D eigenvalue weighted by molar-refractivity contribution is 5.90. The summed E-state index contributed by atoms with van der Waals surface area (Å²) in [5.41, 5.74) is 1.03. The van der Waals surface area contributed by atoms with Crippen LogP contribution in [-0.4, -0.2) is 39.7 Å². The van der Waals surface area contributed by atoms with Crippen molar-refractivity contribution in [1.82, 2.24) is 25.4 Å². The number of rotatable bonds is 6. The molecule has 0 atom stereocenters. The molecular formula is C17H23ClN6O2. The molecule has 0 aliphatic carbocycles. The van der Waals surface area contributed by atoms with E-state index in [4.69, 9.17) is 0 Å². The number of benzene rings is 1. The van der Waals surface area contributed by atoms with Gasteiger partial charge in [-0.1, -0.05) is 30.3 Å². The van der Waals surface area contributed by atoms with E-state index in [-0.39, 0.29) is 42.6 Å². The molecule has 26 heavy (non-hydrogen) atoms. The van der Waals surface area contributed by atoms with Gasteiger partial charge in [-0.05, 0) is 31.5 Å². The Labute approximate surface area is 158 Å². The zero-order chi connectivity index (χ0) is 17.5. The van der Waals surface area contributed by atoms with E-state index >= 15 is 0 Å². The molecule has 1 aliphatic rings. The molecule has 140 valence electrons. The number of carbonyl (C=O) groups is 2. The molecule has 0 unspecified atom stereocenters. The maximum Gasteiger partial charge on any atom is 0.248 e. The molecule has 0 spiro atoms. The Morgan fingerprint density at radius 2 is 1.92 bits per heavy atom. The Morgan fingerprint density at radius 1 is 1.19 bits per heavy atom. The van der Waals surface area contributed by atoms with E-state index in [1.807, 2.05) is 30.3 Å². The first-order valence-electron chi connectivity index (χ1n) is 8.42. The van der Waals surface area contributed by atoms with Gasteiger partial charge in [-0.2, -0.15) is 0 Å². The van der Waals surface area contributed by atoms with Gasteiger partial charge in [-0.25, -0.2) is 9.67 Å². The van der Waals surface area contributed by atoms with Crippen LogP contribution in [0.1, 0.15) is 18.4 Å². The molecule has 1 aromatic carbocycles. The number of hydrogen-bond donors (Lipinski definition) is 3. The number of halogens is 1. The third-order valence-corrected chi connectivity index (χ3v) is 4.12. The number of anilines is 1. The van der Waals surface area contributed by atoms with Crippen LogP contribution >= 0.6 is 12.4 Å². The van der Waals surface area contributed by atoms with E-state index in [2.05, 4.69) is 26.0 Å². The van der Waals surface area contributed by atoms with Gasteiger partial charge in [-0.3, -0.25) is 14.9 Å². The molecule has 8 nitrogen and oxygen atoms in total. The fourth-order valence-corrected chi connectivity index (χ4v) is 2.72.